The fraction of sp³-hybridized carbons (Fsp3) is 0.588. The van der Waals surface area contributed by atoms with Crippen molar-refractivity contribution in [3.63, 3.8) is 0 Å². The van der Waals surface area contributed by atoms with Gasteiger partial charge >= 0.3 is 0 Å². The molecule has 0 aliphatic carbocycles. The number of carbonyl (C=O) groups is 2. The Morgan fingerprint density at radius 1 is 1.43 bits per heavy atom. The van der Waals surface area contributed by atoms with E-state index in [0.29, 0.717) is 18.4 Å². The molecule has 2 atom stereocenters. The van der Waals surface area contributed by atoms with Gasteiger partial charge in [0.05, 0.1) is 10.7 Å². The zero-order chi connectivity index (χ0) is 16.4. The van der Waals surface area contributed by atoms with Crippen LogP contribution in [0.2, 0.25) is 0 Å². The van der Waals surface area contributed by atoms with Gasteiger partial charge in [-0.05, 0) is 38.2 Å². The van der Waals surface area contributed by atoms with Crippen LogP contribution in [0.1, 0.15) is 36.4 Å². The molecule has 3 rings (SSSR count). The maximum Gasteiger partial charge on any atom is 0.246 e. The van der Waals surface area contributed by atoms with Crippen LogP contribution >= 0.6 is 11.3 Å². The van der Waals surface area contributed by atoms with Crippen LogP contribution in [0.25, 0.3) is 6.08 Å². The maximum atomic E-state index is 12.4. The number of aromatic nitrogens is 1. The van der Waals surface area contributed by atoms with Gasteiger partial charge in [-0.2, -0.15) is 0 Å². The highest BCUT2D eigenvalue weighted by atomic mass is 32.1. The summed E-state index contributed by atoms with van der Waals surface area (Å²) in [5, 5.41) is 2.96. The third-order valence-corrected chi connectivity index (χ3v) is 5.69. The van der Waals surface area contributed by atoms with Crippen LogP contribution in [0.5, 0.6) is 0 Å². The van der Waals surface area contributed by atoms with Crippen molar-refractivity contribution in [1.82, 2.24) is 14.8 Å². The minimum atomic E-state index is 0.0485. The highest BCUT2D eigenvalue weighted by Gasteiger charge is 2.36. The average molecular weight is 333 g/mol. The summed E-state index contributed by atoms with van der Waals surface area (Å²) in [4.78, 5) is 32.6. The number of carbonyl (C=O) groups excluding carboxylic acids is 2. The lowest BCUT2D eigenvalue weighted by Gasteiger charge is -2.41. The molecule has 1 aromatic rings. The van der Waals surface area contributed by atoms with E-state index in [-0.39, 0.29) is 11.8 Å². The first-order valence-electron chi connectivity index (χ1n) is 8.19. The molecular formula is C17H23N3O2S. The molecule has 0 unspecified atom stereocenters. The average Bonchev–Trinajstić information content (AvgIpc) is 2.91. The molecule has 0 radical (unpaired) electrons. The number of likely N-dealkylation sites (tertiary alicyclic amines) is 2. The van der Waals surface area contributed by atoms with Gasteiger partial charge in [0, 0.05) is 44.1 Å². The summed E-state index contributed by atoms with van der Waals surface area (Å²) in [5.41, 5.74) is 0.843. The van der Waals surface area contributed by atoms with Crippen LogP contribution in [0, 0.1) is 12.8 Å². The van der Waals surface area contributed by atoms with Crippen molar-refractivity contribution in [3.8, 4) is 0 Å². The highest BCUT2D eigenvalue weighted by molar-refractivity contribution is 7.09. The Kier molecular flexibility index (Phi) is 4.80. The van der Waals surface area contributed by atoms with Crippen LogP contribution in [0.4, 0.5) is 0 Å². The van der Waals surface area contributed by atoms with Gasteiger partial charge in [-0.15, -0.1) is 11.3 Å². The van der Waals surface area contributed by atoms with Gasteiger partial charge in [-0.3, -0.25) is 9.59 Å². The number of rotatable bonds is 2. The first kappa shape index (κ1) is 16.2. The van der Waals surface area contributed by atoms with Crippen molar-refractivity contribution in [3.05, 3.63) is 22.2 Å². The van der Waals surface area contributed by atoms with Crippen molar-refractivity contribution in [2.24, 2.45) is 5.92 Å². The monoisotopic (exact) mass is 333 g/mol. The Balaban J connectivity index is 1.63. The normalized spacial score (nSPS) is 25.6. The van der Waals surface area contributed by atoms with Gasteiger partial charge in [-0.1, -0.05) is 0 Å². The molecule has 23 heavy (non-hydrogen) atoms. The third-order valence-electron chi connectivity index (χ3n) is 4.90. The highest BCUT2D eigenvalue weighted by Crippen LogP contribution is 2.29. The van der Waals surface area contributed by atoms with Gasteiger partial charge in [0.25, 0.3) is 0 Å². The molecule has 0 spiro atoms. The SMILES string of the molecule is Cc1nc(/C=C/C(=O)N2CC[C@@H]3[C@H](CCCC(=O)N3C)C2)cs1. The molecule has 0 aromatic carbocycles. The minimum Gasteiger partial charge on any atom is -0.342 e. The second-order valence-corrected chi connectivity index (χ2v) is 7.48. The Morgan fingerprint density at radius 3 is 3.00 bits per heavy atom. The number of piperidine rings is 1. The fourth-order valence-corrected chi connectivity index (χ4v) is 4.19. The third kappa shape index (κ3) is 3.63. The fourth-order valence-electron chi connectivity index (χ4n) is 3.61. The molecule has 2 aliphatic heterocycles. The molecule has 1 aromatic heterocycles. The largest absolute Gasteiger partial charge is 0.342 e. The van der Waals surface area contributed by atoms with E-state index in [1.807, 2.05) is 29.2 Å². The Bertz CT molecular complexity index is 625. The molecule has 124 valence electrons. The Morgan fingerprint density at radius 2 is 2.26 bits per heavy atom. The minimum absolute atomic E-state index is 0.0485. The van der Waals surface area contributed by atoms with Gasteiger partial charge < -0.3 is 9.80 Å². The molecular weight excluding hydrogens is 310 g/mol. The quantitative estimate of drug-likeness (QED) is 0.781. The van der Waals surface area contributed by atoms with E-state index in [2.05, 4.69) is 4.98 Å². The lowest BCUT2D eigenvalue weighted by atomic mass is 9.88. The number of amides is 2. The van der Waals surface area contributed by atoms with Crippen molar-refractivity contribution < 1.29 is 9.59 Å². The summed E-state index contributed by atoms with van der Waals surface area (Å²) in [7, 11) is 1.91. The van der Waals surface area contributed by atoms with E-state index >= 15 is 0 Å². The van der Waals surface area contributed by atoms with Crippen molar-refractivity contribution >= 4 is 29.2 Å². The predicted octanol–water partition coefficient (Wildman–Crippen LogP) is 2.32. The molecule has 2 fully saturated rings. The molecule has 2 saturated heterocycles. The number of aryl methyl sites for hydroxylation is 1. The lowest BCUT2D eigenvalue weighted by Crippen LogP contribution is -2.51. The van der Waals surface area contributed by atoms with Crippen LogP contribution < -0.4 is 0 Å². The summed E-state index contributed by atoms with van der Waals surface area (Å²) >= 11 is 1.58. The van der Waals surface area contributed by atoms with Crippen LogP contribution in [-0.4, -0.2) is 52.8 Å². The molecule has 2 amide bonds. The Labute approximate surface area is 141 Å². The van der Waals surface area contributed by atoms with E-state index in [4.69, 9.17) is 0 Å². The summed E-state index contributed by atoms with van der Waals surface area (Å²) in [6, 6.07) is 0.291. The van der Waals surface area contributed by atoms with Crippen LogP contribution in [-0.2, 0) is 9.59 Å². The summed E-state index contributed by atoms with van der Waals surface area (Å²) in [6.07, 6.45) is 6.89. The van der Waals surface area contributed by atoms with Gasteiger partial charge in [0.1, 0.15) is 0 Å². The zero-order valence-electron chi connectivity index (χ0n) is 13.7. The van der Waals surface area contributed by atoms with Gasteiger partial charge in [0.2, 0.25) is 11.8 Å². The van der Waals surface area contributed by atoms with Gasteiger partial charge in [0.15, 0.2) is 0 Å². The zero-order valence-corrected chi connectivity index (χ0v) is 14.5. The van der Waals surface area contributed by atoms with E-state index in [1.165, 1.54) is 0 Å². The number of hydrogen-bond acceptors (Lipinski definition) is 4. The van der Waals surface area contributed by atoms with Crippen LogP contribution in [0.15, 0.2) is 11.5 Å². The second-order valence-electron chi connectivity index (χ2n) is 6.42. The molecule has 6 heteroatoms. The molecule has 3 heterocycles. The second kappa shape index (κ2) is 6.83. The standard InChI is InChI=1S/C17H23N3O2S/c1-12-18-14(11-23-12)6-7-17(22)20-9-8-15-13(10-20)4-3-5-16(21)19(15)2/h6-7,11,13,15H,3-5,8-10H2,1-2H3/b7-6+/t13-,15-/m1/s1. The number of nitrogens with zero attached hydrogens (tertiary/aromatic N) is 3. The van der Waals surface area contributed by atoms with Crippen molar-refractivity contribution in [2.45, 2.75) is 38.6 Å². The first-order valence-corrected chi connectivity index (χ1v) is 9.07. The molecule has 0 saturated carbocycles. The topological polar surface area (TPSA) is 53.5 Å². The predicted molar refractivity (Wildman–Crippen MR) is 91.0 cm³/mol. The summed E-state index contributed by atoms with van der Waals surface area (Å²) in [6.45, 7) is 3.43. The summed E-state index contributed by atoms with van der Waals surface area (Å²) < 4.78 is 0. The van der Waals surface area contributed by atoms with E-state index in [0.717, 1.165) is 43.1 Å². The number of thiazole rings is 1. The van der Waals surface area contributed by atoms with Crippen LogP contribution in [0.3, 0.4) is 0 Å². The van der Waals surface area contributed by atoms with Gasteiger partial charge in [-0.25, -0.2) is 4.98 Å². The number of hydrogen-bond donors (Lipinski definition) is 0. The Hall–Kier alpha value is -1.69. The molecule has 5 nitrogen and oxygen atoms in total. The first-order chi connectivity index (χ1) is 11.0. The molecule has 0 N–H and O–H groups in total. The van der Waals surface area contributed by atoms with Crippen molar-refractivity contribution in [2.75, 3.05) is 20.1 Å². The smallest absolute Gasteiger partial charge is 0.246 e. The van der Waals surface area contributed by atoms with E-state index < -0.39 is 0 Å². The van der Waals surface area contributed by atoms with Crippen molar-refractivity contribution in [1.29, 1.82) is 0 Å². The molecule has 2 aliphatic rings. The molecule has 0 bridgehead atoms. The van der Waals surface area contributed by atoms with E-state index in [1.54, 1.807) is 23.5 Å². The maximum absolute atomic E-state index is 12.4. The number of fused-ring (bicyclic) bond motifs is 1. The lowest BCUT2D eigenvalue weighted by molar-refractivity contribution is -0.134. The van der Waals surface area contributed by atoms with E-state index in [9.17, 15) is 9.59 Å². The summed E-state index contributed by atoms with van der Waals surface area (Å²) in [5.74, 6) is 0.697.